The molecule has 1 saturated carbocycles. The van der Waals surface area contributed by atoms with Gasteiger partial charge in [-0.15, -0.1) is 0 Å². The highest BCUT2D eigenvalue weighted by atomic mass is 16.3. The first-order chi connectivity index (χ1) is 8.36. The van der Waals surface area contributed by atoms with Gasteiger partial charge >= 0.3 is 0 Å². The number of hydrogen-bond acceptors (Lipinski definition) is 2. The highest BCUT2D eigenvalue weighted by Gasteiger charge is 2.25. The van der Waals surface area contributed by atoms with Crippen LogP contribution < -0.4 is 0 Å². The van der Waals surface area contributed by atoms with Crippen LogP contribution in [-0.2, 0) is 0 Å². The van der Waals surface area contributed by atoms with E-state index in [-0.39, 0.29) is 12.0 Å². The van der Waals surface area contributed by atoms with E-state index in [1.54, 1.807) is 0 Å². The molecule has 0 aliphatic heterocycles. The third-order valence-electron chi connectivity index (χ3n) is 3.83. The summed E-state index contributed by atoms with van der Waals surface area (Å²) < 4.78 is 0. The molecule has 1 aliphatic rings. The van der Waals surface area contributed by atoms with Crippen molar-refractivity contribution < 1.29 is 5.11 Å². The van der Waals surface area contributed by atoms with Crippen LogP contribution in [0.1, 0.15) is 37.2 Å². The summed E-state index contributed by atoms with van der Waals surface area (Å²) in [6, 6.07) is 8.31. The van der Waals surface area contributed by atoms with Crippen LogP contribution in [0.4, 0.5) is 0 Å². The molecule has 0 bridgehead atoms. The van der Waals surface area contributed by atoms with Crippen molar-refractivity contribution in [3.05, 3.63) is 42.2 Å². The molecule has 3 rings (SSSR count). The number of rotatable bonds is 1. The molecule has 0 saturated heterocycles. The van der Waals surface area contributed by atoms with E-state index in [4.69, 9.17) is 0 Å². The molecule has 88 valence electrons. The van der Waals surface area contributed by atoms with E-state index in [1.807, 2.05) is 18.5 Å². The van der Waals surface area contributed by atoms with Crippen LogP contribution in [-0.4, -0.2) is 16.2 Å². The molecule has 0 amide bonds. The van der Waals surface area contributed by atoms with Gasteiger partial charge in [-0.3, -0.25) is 4.98 Å². The standard InChI is InChI=1S/C15H17NO/c17-15-8-4-3-7-13(15)14-10-16-9-11-5-1-2-6-12(11)14/h1-2,5-6,9-10,13,15,17H,3-4,7-8H2. The summed E-state index contributed by atoms with van der Waals surface area (Å²) in [7, 11) is 0. The van der Waals surface area contributed by atoms with Crippen molar-refractivity contribution in [2.75, 3.05) is 0 Å². The number of aliphatic hydroxyl groups excluding tert-OH is 1. The second-order valence-corrected chi connectivity index (χ2v) is 4.91. The first kappa shape index (κ1) is 10.7. The molecule has 1 aliphatic carbocycles. The molecule has 1 N–H and O–H groups in total. The van der Waals surface area contributed by atoms with Crippen molar-refractivity contribution in [3.8, 4) is 0 Å². The Morgan fingerprint density at radius 2 is 1.88 bits per heavy atom. The molecule has 0 spiro atoms. The minimum atomic E-state index is -0.198. The van der Waals surface area contributed by atoms with Crippen molar-refractivity contribution in [3.63, 3.8) is 0 Å². The molecule has 2 heteroatoms. The smallest absolute Gasteiger partial charge is 0.0609 e. The van der Waals surface area contributed by atoms with Gasteiger partial charge in [0.1, 0.15) is 0 Å². The second kappa shape index (κ2) is 4.46. The molecule has 1 fully saturated rings. The van der Waals surface area contributed by atoms with Crippen LogP contribution >= 0.6 is 0 Å². The van der Waals surface area contributed by atoms with E-state index in [9.17, 15) is 5.11 Å². The Kier molecular flexibility index (Phi) is 2.81. The maximum absolute atomic E-state index is 10.2. The quantitative estimate of drug-likeness (QED) is 0.811. The minimum Gasteiger partial charge on any atom is -0.392 e. The van der Waals surface area contributed by atoms with Gasteiger partial charge in [0.05, 0.1) is 6.10 Å². The summed E-state index contributed by atoms with van der Waals surface area (Å²) in [5, 5.41) is 12.6. The van der Waals surface area contributed by atoms with Crippen LogP contribution in [0.25, 0.3) is 10.8 Å². The first-order valence-electron chi connectivity index (χ1n) is 6.37. The third kappa shape index (κ3) is 1.93. The van der Waals surface area contributed by atoms with Gasteiger partial charge in [0, 0.05) is 23.7 Å². The van der Waals surface area contributed by atoms with Crippen molar-refractivity contribution in [2.45, 2.75) is 37.7 Å². The van der Waals surface area contributed by atoms with Gasteiger partial charge in [-0.2, -0.15) is 0 Å². The van der Waals surface area contributed by atoms with E-state index in [2.05, 4.69) is 23.2 Å². The van der Waals surface area contributed by atoms with Gasteiger partial charge in [-0.1, -0.05) is 37.1 Å². The van der Waals surface area contributed by atoms with Crippen molar-refractivity contribution >= 4 is 10.8 Å². The van der Waals surface area contributed by atoms with Gasteiger partial charge in [0.15, 0.2) is 0 Å². The summed E-state index contributed by atoms with van der Waals surface area (Å²) in [6.07, 6.45) is 8.00. The fourth-order valence-corrected chi connectivity index (χ4v) is 2.91. The van der Waals surface area contributed by atoms with Gasteiger partial charge < -0.3 is 5.11 Å². The third-order valence-corrected chi connectivity index (χ3v) is 3.83. The normalized spacial score (nSPS) is 25.0. The second-order valence-electron chi connectivity index (χ2n) is 4.91. The monoisotopic (exact) mass is 227 g/mol. The lowest BCUT2D eigenvalue weighted by atomic mass is 9.81. The predicted molar refractivity (Wildman–Crippen MR) is 69.0 cm³/mol. The number of pyridine rings is 1. The number of nitrogens with zero attached hydrogens (tertiary/aromatic N) is 1. The lowest BCUT2D eigenvalue weighted by Gasteiger charge is -2.28. The summed E-state index contributed by atoms with van der Waals surface area (Å²) in [4.78, 5) is 4.31. The Morgan fingerprint density at radius 3 is 2.76 bits per heavy atom. The number of aromatic nitrogens is 1. The molecular weight excluding hydrogens is 210 g/mol. The summed E-state index contributed by atoms with van der Waals surface area (Å²) in [5.74, 6) is 0.266. The largest absolute Gasteiger partial charge is 0.392 e. The lowest BCUT2D eigenvalue weighted by molar-refractivity contribution is 0.106. The van der Waals surface area contributed by atoms with Gasteiger partial charge in [0.25, 0.3) is 0 Å². The number of benzene rings is 1. The van der Waals surface area contributed by atoms with Gasteiger partial charge in [-0.05, 0) is 23.8 Å². The van der Waals surface area contributed by atoms with Crippen LogP contribution in [0.15, 0.2) is 36.7 Å². The topological polar surface area (TPSA) is 33.1 Å². The van der Waals surface area contributed by atoms with Crippen LogP contribution in [0.2, 0.25) is 0 Å². The molecule has 0 radical (unpaired) electrons. The Labute approximate surface area is 101 Å². The van der Waals surface area contributed by atoms with Crippen molar-refractivity contribution in [1.82, 2.24) is 4.98 Å². The number of aliphatic hydroxyl groups is 1. The van der Waals surface area contributed by atoms with Crippen molar-refractivity contribution in [2.24, 2.45) is 0 Å². The lowest BCUT2D eigenvalue weighted by Crippen LogP contribution is -2.22. The maximum Gasteiger partial charge on any atom is 0.0609 e. The average Bonchev–Trinajstić information content (AvgIpc) is 2.39. The molecule has 1 heterocycles. The zero-order valence-corrected chi connectivity index (χ0v) is 9.84. The van der Waals surface area contributed by atoms with Crippen LogP contribution in [0.3, 0.4) is 0 Å². The van der Waals surface area contributed by atoms with Crippen LogP contribution in [0, 0.1) is 0 Å². The van der Waals surface area contributed by atoms with E-state index in [0.717, 1.165) is 19.3 Å². The van der Waals surface area contributed by atoms with E-state index in [0.29, 0.717) is 0 Å². The molecule has 2 unspecified atom stereocenters. The first-order valence-corrected chi connectivity index (χ1v) is 6.37. The molecule has 2 aromatic rings. The minimum absolute atomic E-state index is 0.198. The Balaban J connectivity index is 2.10. The highest BCUT2D eigenvalue weighted by Crippen LogP contribution is 2.35. The van der Waals surface area contributed by atoms with E-state index >= 15 is 0 Å². The molecule has 1 aromatic heterocycles. The number of fused-ring (bicyclic) bond motifs is 1. The molecular formula is C15H17NO. The Morgan fingerprint density at radius 1 is 1.06 bits per heavy atom. The Bertz CT molecular complexity index is 518. The van der Waals surface area contributed by atoms with Crippen LogP contribution in [0.5, 0.6) is 0 Å². The molecule has 2 atom stereocenters. The molecule has 1 aromatic carbocycles. The van der Waals surface area contributed by atoms with E-state index in [1.165, 1.54) is 22.8 Å². The van der Waals surface area contributed by atoms with Gasteiger partial charge in [-0.25, -0.2) is 0 Å². The molecule has 17 heavy (non-hydrogen) atoms. The highest BCUT2D eigenvalue weighted by molar-refractivity contribution is 5.85. The maximum atomic E-state index is 10.2. The average molecular weight is 227 g/mol. The zero-order valence-electron chi connectivity index (χ0n) is 9.84. The summed E-state index contributed by atoms with van der Waals surface area (Å²) in [5.41, 5.74) is 1.22. The number of hydrogen-bond donors (Lipinski definition) is 1. The SMILES string of the molecule is OC1CCCCC1c1cncc2ccccc12. The zero-order chi connectivity index (χ0) is 11.7. The predicted octanol–water partition coefficient (Wildman–Crippen LogP) is 3.25. The fourth-order valence-electron chi connectivity index (χ4n) is 2.91. The molecule has 2 nitrogen and oxygen atoms in total. The summed E-state index contributed by atoms with van der Waals surface area (Å²) >= 11 is 0. The van der Waals surface area contributed by atoms with Gasteiger partial charge in [0.2, 0.25) is 0 Å². The van der Waals surface area contributed by atoms with Crippen molar-refractivity contribution in [1.29, 1.82) is 0 Å². The fraction of sp³-hybridized carbons (Fsp3) is 0.400. The van der Waals surface area contributed by atoms with E-state index < -0.39 is 0 Å². The Hall–Kier alpha value is -1.41. The summed E-state index contributed by atoms with van der Waals surface area (Å²) in [6.45, 7) is 0.